The molecule has 0 bridgehead atoms. The van der Waals surface area contributed by atoms with E-state index in [0.717, 1.165) is 113 Å². The lowest BCUT2D eigenvalue weighted by Crippen LogP contribution is -2.60. The molecule has 150 heavy (non-hydrogen) atoms. The van der Waals surface area contributed by atoms with Gasteiger partial charge in [-0.05, 0) is 294 Å². The summed E-state index contributed by atoms with van der Waals surface area (Å²) >= 11 is 3.51. The van der Waals surface area contributed by atoms with Crippen LogP contribution >= 0.6 is 15.9 Å². The lowest BCUT2D eigenvalue weighted by atomic mass is 9.44. The van der Waals surface area contributed by atoms with Gasteiger partial charge in [-0.25, -0.2) is 19.2 Å². The van der Waals surface area contributed by atoms with Gasteiger partial charge in [0.1, 0.15) is 59.9 Å². The van der Waals surface area contributed by atoms with Crippen molar-refractivity contribution in [2.75, 3.05) is 26.4 Å². The van der Waals surface area contributed by atoms with E-state index in [2.05, 4.69) is 125 Å². The lowest BCUT2D eigenvalue weighted by molar-refractivity contribution is -0.316. The zero-order chi connectivity index (χ0) is 107. The zero-order valence-corrected chi connectivity index (χ0v) is 93.2. The molecule has 836 valence electrons. The summed E-state index contributed by atoms with van der Waals surface area (Å²) < 4.78 is 92.4. The first-order valence-corrected chi connectivity index (χ1v) is 58.4. The molecule has 21 rings (SSSR count). The fraction of sp³-hybridized carbons (Fsp3) is 0.769. The minimum absolute atomic E-state index is 0.0278. The third-order valence-corrected chi connectivity index (χ3v) is 42.6. The first-order valence-electron chi connectivity index (χ1n) is 57.5. The molecule has 8 aliphatic carbocycles. The van der Waals surface area contributed by atoms with Crippen molar-refractivity contribution in [1.82, 2.24) is 0 Å². The third-order valence-electron chi connectivity index (χ3n) is 41.9. The largest absolute Gasteiger partial charge is 0.455 e. The van der Waals surface area contributed by atoms with E-state index >= 15 is 0 Å². The van der Waals surface area contributed by atoms with Crippen LogP contribution in [0.15, 0.2) is 121 Å². The van der Waals surface area contributed by atoms with E-state index in [4.69, 9.17) is 91.8 Å². The summed E-state index contributed by atoms with van der Waals surface area (Å²) in [6.45, 7) is 39.8. The van der Waals surface area contributed by atoms with Crippen LogP contribution in [0.2, 0.25) is 0 Å². The molecule has 2 spiro atoms. The Morgan fingerprint density at radius 2 is 0.693 bits per heavy atom. The average molecular weight is 2160 g/mol. The normalized spacial score (nSPS) is 47.0. The number of esters is 4. The van der Waals surface area contributed by atoms with Crippen molar-refractivity contribution in [3.63, 3.8) is 0 Å². The molecule has 9 N–H and O–H groups in total. The first-order chi connectivity index (χ1) is 71.6. The van der Waals surface area contributed by atoms with Crippen LogP contribution in [0.3, 0.4) is 0 Å². The Kier molecular flexibility index (Phi) is 37.2. The second kappa shape index (κ2) is 48.3. The lowest BCUT2D eigenvalue weighted by Gasteiger charge is -2.61. The Balaban J connectivity index is 0.000000136. The van der Waals surface area contributed by atoms with Gasteiger partial charge in [0, 0.05) is 42.4 Å². The molecule has 17 fully saturated rings. The maximum Gasteiger partial charge on any atom is 0.340 e. The third kappa shape index (κ3) is 22.9. The van der Waals surface area contributed by atoms with E-state index in [1.807, 2.05) is 74.5 Å². The molecule has 23 unspecified atom stereocenters. The van der Waals surface area contributed by atoms with Gasteiger partial charge in [-0.1, -0.05) is 206 Å². The second-order valence-electron chi connectivity index (χ2n) is 49.8. The minimum Gasteiger partial charge on any atom is -0.455 e. The van der Waals surface area contributed by atoms with Gasteiger partial charge in [-0.3, -0.25) is 0 Å². The highest BCUT2D eigenvalue weighted by Gasteiger charge is 2.72. The summed E-state index contributed by atoms with van der Waals surface area (Å²) in [4.78, 5) is 50.6. The Labute approximate surface area is 897 Å². The highest BCUT2D eigenvalue weighted by molar-refractivity contribution is 9.09. The Morgan fingerprint density at radius 1 is 0.347 bits per heavy atom. The number of hydrogen-bond acceptors (Lipinski definition) is 28. The molecule has 9 heterocycles. The quantitative estimate of drug-likeness (QED) is 0.0205. The number of aliphatic hydroxyl groups excluding tert-OH is 9. The van der Waals surface area contributed by atoms with Gasteiger partial charge in [0.25, 0.3) is 0 Å². The number of carbonyl (C=O) groups excluding carboxylic acids is 4. The van der Waals surface area contributed by atoms with Gasteiger partial charge in [0.05, 0.1) is 91.4 Å². The first kappa shape index (κ1) is 115. The van der Waals surface area contributed by atoms with Gasteiger partial charge in [0.15, 0.2) is 42.7 Å². The number of alkyl halides is 1. The predicted octanol–water partition coefficient (Wildman–Crippen LogP) is 18.3. The van der Waals surface area contributed by atoms with Crippen LogP contribution in [0.1, 0.15) is 307 Å². The zero-order valence-electron chi connectivity index (χ0n) is 91.6. The molecule has 9 saturated heterocycles. The number of hydrogen-bond donors (Lipinski definition) is 9. The summed E-state index contributed by atoms with van der Waals surface area (Å²) in [5.41, 5.74) is 3.37. The molecule has 4 aromatic carbocycles. The van der Waals surface area contributed by atoms with Gasteiger partial charge in [-0.2, -0.15) is 0 Å². The van der Waals surface area contributed by atoms with Crippen LogP contribution in [-0.2, 0) is 71.1 Å². The fourth-order valence-electron chi connectivity index (χ4n) is 32.3. The number of ether oxygens (including phenoxy) is 15. The van der Waals surface area contributed by atoms with Crippen LogP contribution < -0.4 is 0 Å². The van der Waals surface area contributed by atoms with Crippen molar-refractivity contribution in [2.45, 2.75) is 417 Å². The standard InChI is InChI=1S/C43H64O6.C33H54O8.C23H26O5.C16H21BrO3.C6H12O6/c1-8-35-26(3)27(4)38(48-39(44)29-12-10-9-11-13-29)40(47-35)46-31-17-19-41(6)30(22-31)14-15-32-33(41)18-20-42(7)34(32)23-36-37(42)28(5)43(49-36)21-16-25(2)24-45-43;1-17-7-12-33(38-16-17)18(2)26-24(41-33)14-23-21-6-5-19-13-20(8-10-31(19,3)22(21)9-11-32(23,26)4)39-30-29(37)28(36)27(35)25(15-34)40-30;1-4-19-15(2)16(3)20(27-21(24)17-11-7-5-8-12-17)23(26-19)28-22(25)18-13-9-6-10-14-18;1-4-13-10(2)11(3)14(15(17)19-13)20-16(18)12-8-6-5-7-9-12;7-1-2-3(8)4(9)5(10)6(11)12-2/h9-13,25-28,30-38,40H,8,14-24H2,1-7H3;17-30,34-37H,5-16H2,1-4H3;5-16,19-20,23H,4H2,1-3H3;5-11,13-15H,4H2,1-3H3;2-11H,1H2/t25-,26?,27?,28-,30+,31-,32+,33-,34-,35?,36-,37-,38?,40+,41-,42-,43+;17-,18-,19+,20-,21+,22-,23-,24-,25?,26-,27?,28?,29?,30+,31-,32-,33+;;;/m00.../s1. The molecule has 4 aromatic rings. The molecule has 49 atom stereocenters. The second-order valence-corrected chi connectivity index (χ2v) is 50.7. The Bertz CT molecular complexity index is 5010. The average Bonchev–Trinajstić information content (AvgIpc) is 1.53. The van der Waals surface area contributed by atoms with Crippen molar-refractivity contribution in [3.8, 4) is 0 Å². The molecule has 0 radical (unpaired) electrons. The van der Waals surface area contributed by atoms with Gasteiger partial charge < -0.3 is 117 Å². The van der Waals surface area contributed by atoms with Crippen LogP contribution in [-0.4, -0.2) is 248 Å². The molecule has 17 aliphatic rings. The van der Waals surface area contributed by atoms with E-state index in [9.17, 15) is 39.6 Å². The molecule has 28 nitrogen and oxygen atoms in total. The number of rotatable bonds is 17. The molecule has 8 saturated carbocycles. The maximum atomic E-state index is 13.2. The van der Waals surface area contributed by atoms with E-state index in [-0.39, 0.29) is 100 Å². The van der Waals surface area contributed by atoms with Crippen LogP contribution in [0.5, 0.6) is 0 Å². The Hall–Kier alpha value is -5.56. The number of carbonyl (C=O) groups is 4. The highest BCUT2D eigenvalue weighted by Crippen LogP contribution is 2.74. The minimum atomic E-state index is -1.57. The van der Waals surface area contributed by atoms with Gasteiger partial charge >= 0.3 is 23.9 Å². The van der Waals surface area contributed by atoms with Crippen molar-refractivity contribution in [1.29, 1.82) is 0 Å². The monoisotopic (exact) mass is 2160 g/mol. The molecule has 0 aromatic heterocycles. The van der Waals surface area contributed by atoms with Gasteiger partial charge in [0.2, 0.25) is 6.29 Å². The summed E-state index contributed by atoms with van der Waals surface area (Å²) in [7, 11) is 0. The molecule has 9 aliphatic heterocycles. The Morgan fingerprint density at radius 3 is 1.09 bits per heavy atom. The van der Waals surface area contributed by atoms with Crippen molar-refractivity contribution in [3.05, 3.63) is 144 Å². The molecule has 29 heteroatoms. The fourth-order valence-corrected chi connectivity index (χ4v) is 33.1. The van der Waals surface area contributed by atoms with Crippen LogP contribution in [0, 0.1) is 140 Å². The molecular weight excluding hydrogens is 1980 g/mol. The highest BCUT2D eigenvalue weighted by atomic mass is 79.9. The molecular formula is C121H177BrO28. The summed E-state index contributed by atoms with van der Waals surface area (Å²) in [5, 5.41) is 84.9. The van der Waals surface area contributed by atoms with E-state index in [1.54, 1.807) is 60.7 Å². The predicted molar refractivity (Wildman–Crippen MR) is 562 cm³/mol. The van der Waals surface area contributed by atoms with E-state index < -0.39 is 111 Å². The summed E-state index contributed by atoms with van der Waals surface area (Å²) in [5.74, 6) is 8.17. The number of aliphatic hydroxyl groups is 9. The van der Waals surface area contributed by atoms with E-state index in [0.29, 0.717) is 104 Å². The summed E-state index contributed by atoms with van der Waals surface area (Å²) in [6.07, 6.45) is 11.4. The SMILES string of the molecule is CCC1OC(Br)C(OC(=O)c2ccccc2)C(C)C1C.CCC1OC(OC(=O)c2ccccc2)C(OC(=O)c2ccccc2)C(C)C1C.CCC1O[C@@H](O[C@H]2CC[C@@]3(C)[C@H](CC[C@@H]4[C@@H]3CC[C@]3(C)[C@@H]5[C@H](C[C@@H]43)O[C@]3(CC[C@H](C)CO3)[C@H]5C)C2)C(OC(=O)c2ccccc2)C(C)C1C.C[C@H]1CC[C@@]2(OC1)O[C@H]1C[C@H]3[C@@H]4CC[C@@H]5C[C@@H](O[C@@H]6OC(CO)C(O)C(O)C6O)CC[C@]5(C)[C@H]4CC[C@]3(C)[C@H]1[C@@H]2C.OCC1OC(O)C(O)C(O)C1O. The van der Waals surface area contributed by atoms with Crippen molar-refractivity contribution in [2.24, 2.45) is 140 Å². The van der Waals surface area contributed by atoms with Gasteiger partial charge in [-0.15, -0.1) is 0 Å². The maximum absolute atomic E-state index is 13.2. The topological polar surface area (TPSA) is 389 Å². The summed E-state index contributed by atoms with van der Waals surface area (Å²) in [6, 6.07) is 35.9. The van der Waals surface area contributed by atoms with Crippen molar-refractivity contribution < 1.29 is 136 Å². The smallest absolute Gasteiger partial charge is 0.340 e. The van der Waals surface area contributed by atoms with Crippen LogP contribution in [0.4, 0.5) is 0 Å². The van der Waals surface area contributed by atoms with Crippen molar-refractivity contribution >= 4 is 39.8 Å². The number of benzene rings is 4. The number of halogens is 1. The van der Waals surface area contributed by atoms with E-state index in [1.165, 1.54) is 83.5 Å². The molecule has 0 amide bonds. The number of fused-ring (bicyclic) bond motifs is 14. The van der Waals surface area contributed by atoms with Crippen LogP contribution in [0.25, 0.3) is 0 Å².